The molecule has 0 aromatic carbocycles. The molecule has 2 aromatic heterocycles. The monoisotopic (exact) mass is 346 g/mol. The van der Waals surface area contributed by atoms with Crippen LogP contribution in [-0.2, 0) is 11.3 Å². The van der Waals surface area contributed by atoms with Crippen LogP contribution >= 0.6 is 0 Å². The van der Waals surface area contributed by atoms with E-state index in [1.165, 1.54) is 0 Å². The number of hydrogen-bond acceptors (Lipinski definition) is 5. The van der Waals surface area contributed by atoms with E-state index in [-0.39, 0.29) is 5.91 Å². The fourth-order valence-electron chi connectivity index (χ4n) is 2.98. The third kappa shape index (κ3) is 4.90. The molecule has 1 aliphatic rings. The Bertz CT molecular complexity index is 702. The van der Waals surface area contributed by atoms with Gasteiger partial charge in [-0.3, -0.25) is 19.5 Å². The Morgan fingerprint density at radius 3 is 2.84 bits per heavy atom. The van der Waals surface area contributed by atoms with Gasteiger partial charge in [-0.25, -0.2) is 0 Å². The van der Waals surface area contributed by atoms with Gasteiger partial charge in [-0.1, -0.05) is 0 Å². The zero-order valence-electron chi connectivity index (χ0n) is 14.9. The third-order valence-electron chi connectivity index (χ3n) is 4.33. The van der Waals surface area contributed by atoms with Gasteiger partial charge in [0.15, 0.2) is 0 Å². The molecule has 0 radical (unpaired) electrons. The topological polar surface area (TPSA) is 88.1 Å². The molecular weight excluding hydrogens is 320 g/mol. The van der Waals surface area contributed by atoms with Gasteiger partial charge in [0.05, 0.1) is 31.1 Å². The molecule has 0 saturated carbocycles. The van der Waals surface area contributed by atoms with E-state index in [0.29, 0.717) is 18.8 Å². The second kappa shape index (κ2) is 8.26. The molecule has 8 nitrogen and oxygen atoms in total. The van der Waals surface area contributed by atoms with Crippen LogP contribution in [0.1, 0.15) is 34.0 Å². The summed E-state index contributed by atoms with van der Waals surface area (Å²) >= 11 is 0. The van der Waals surface area contributed by atoms with Crippen molar-refractivity contribution in [1.82, 2.24) is 30.2 Å². The molecule has 0 spiro atoms. The molecule has 3 rings (SSSR count). The van der Waals surface area contributed by atoms with Gasteiger partial charge in [-0.15, -0.1) is 0 Å². The van der Waals surface area contributed by atoms with Gasteiger partial charge < -0.3 is 10.1 Å². The minimum atomic E-state index is -0.141. The highest BCUT2D eigenvalue weighted by Crippen LogP contribution is 2.07. The number of aryl methyl sites for hydroxylation is 2. The van der Waals surface area contributed by atoms with Crippen LogP contribution in [0.4, 0.5) is 0 Å². The number of nitrogens with one attached hydrogen (secondary N) is 2. The Labute approximate surface area is 147 Å². The van der Waals surface area contributed by atoms with Gasteiger partial charge in [-0.2, -0.15) is 10.2 Å². The number of nitrogens with zero attached hydrogens (tertiary/aromatic N) is 4. The number of rotatable bonds is 7. The third-order valence-corrected chi connectivity index (χ3v) is 4.33. The summed E-state index contributed by atoms with van der Waals surface area (Å²) in [4.78, 5) is 14.5. The van der Waals surface area contributed by atoms with Gasteiger partial charge in [0, 0.05) is 25.3 Å². The van der Waals surface area contributed by atoms with Crippen molar-refractivity contribution < 1.29 is 9.53 Å². The van der Waals surface area contributed by atoms with Crippen molar-refractivity contribution in [3.05, 3.63) is 34.9 Å². The maximum atomic E-state index is 12.2. The number of aromatic amines is 1. The maximum Gasteiger partial charge on any atom is 0.271 e. The Hall–Kier alpha value is -2.19. The second-order valence-corrected chi connectivity index (χ2v) is 6.43. The summed E-state index contributed by atoms with van der Waals surface area (Å²) in [7, 11) is 0. The smallest absolute Gasteiger partial charge is 0.271 e. The molecule has 1 saturated heterocycles. The summed E-state index contributed by atoms with van der Waals surface area (Å²) in [5.41, 5.74) is 3.35. The number of carbonyl (C=O) groups excluding carboxylic acids is 1. The molecule has 136 valence electrons. The molecule has 0 aliphatic carbocycles. The first-order valence-electron chi connectivity index (χ1n) is 8.75. The molecule has 1 amide bonds. The highest BCUT2D eigenvalue weighted by atomic mass is 16.5. The Balaban J connectivity index is 1.43. The molecule has 25 heavy (non-hydrogen) atoms. The van der Waals surface area contributed by atoms with Crippen LogP contribution < -0.4 is 5.32 Å². The number of aromatic nitrogens is 4. The Morgan fingerprint density at radius 1 is 1.32 bits per heavy atom. The van der Waals surface area contributed by atoms with Gasteiger partial charge in [-0.05, 0) is 38.9 Å². The van der Waals surface area contributed by atoms with E-state index in [1.54, 1.807) is 6.07 Å². The van der Waals surface area contributed by atoms with Gasteiger partial charge >= 0.3 is 0 Å². The predicted molar refractivity (Wildman–Crippen MR) is 93.6 cm³/mol. The van der Waals surface area contributed by atoms with Gasteiger partial charge in [0.2, 0.25) is 0 Å². The number of H-pyrrole nitrogens is 1. The zero-order valence-corrected chi connectivity index (χ0v) is 14.9. The summed E-state index contributed by atoms with van der Waals surface area (Å²) in [6.45, 7) is 9.74. The van der Waals surface area contributed by atoms with Crippen LogP contribution in [0.25, 0.3) is 0 Å². The SMILES string of the molecule is Cc1cc(C)n(Cc2cc(C(=O)NCCCN3CCOCC3)n[nH]2)n1. The first-order chi connectivity index (χ1) is 12.1. The zero-order chi connectivity index (χ0) is 17.6. The fraction of sp³-hybridized carbons (Fsp3) is 0.588. The van der Waals surface area contributed by atoms with E-state index < -0.39 is 0 Å². The number of hydrogen-bond donors (Lipinski definition) is 2. The molecule has 2 N–H and O–H groups in total. The van der Waals surface area contributed by atoms with Crippen LogP contribution in [0.15, 0.2) is 12.1 Å². The average molecular weight is 346 g/mol. The van der Waals surface area contributed by atoms with Crippen molar-refractivity contribution in [3.63, 3.8) is 0 Å². The van der Waals surface area contributed by atoms with E-state index >= 15 is 0 Å². The van der Waals surface area contributed by atoms with E-state index in [1.807, 2.05) is 24.6 Å². The van der Waals surface area contributed by atoms with Crippen molar-refractivity contribution >= 4 is 5.91 Å². The molecule has 0 atom stereocenters. The lowest BCUT2D eigenvalue weighted by atomic mass is 10.3. The molecule has 3 heterocycles. The van der Waals surface area contributed by atoms with Crippen molar-refractivity contribution in [2.24, 2.45) is 0 Å². The quantitative estimate of drug-likeness (QED) is 0.722. The first kappa shape index (κ1) is 17.6. The van der Waals surface area contributed by atoms with E-state index in [9.17, 15) is 4.79 Å². The first-order valence-corrected chi connectivity index (χ1v) is 8.75. The molecule has 2 aromatic rings. The number of morpholine rings is 1. The predicted octanol–water partition coefficient (Wildman–Crippen LogP) is 0.723. The van der Waals surface area contributed by atoms with E-state index in [0.717, 1.165) is 56.4 Å². The van der Waals surface area contributed by atoms with Gasteiger partial charge in [0.25, 0.3) is 5.91 Å². The normalized spacial score (nSPS) is 15.4. The second-order valence-electron chi connectivity index (χ2n) is 6.43. The highest BCUT2D eigenvalue weighted by Gasteiger charge is 2.12. The standard InChI is InChI=1S/C17H26N6O2/c1-13-10-14(2)23(21-13)12-15-11-16(20-19-15)17(24)18-4-3-5-22-6-8-25-9-7-22/h10-11H,3-9,12H2,1-2H3,(H,18,24)(H,19,20). The van der Waals surface area contributed by atoms with Crippen molar-refractivity contribution in [2.75, 3.05) is 39.4 Å². The lowest BCUT2D eigenvalue weighted by molar-refractivity contribution is 0.0374. The summed E-state index contributed by atoms with van der Waals surface area (Å²) in [6, 6.07) is 3.81. The van der Waals surface area contributed by atoms with Crippen molar-refractivity contribution in [2.45, 2.75) is 26.8 Å². The Morgan fingerprint density at radius 2 is 2.12 bits per heavy atom. The van der Waals surface area contributed by atoms with Crippen molar-refractivity contribution in [3.8, 4) is 0 Å². The van der Waals surface area contributed by atoms with Crippen LogP contribution in [0.3, 0.4) is 0 Å². The van der Waals surface area contributed by atoms with Crippen molar-refractivity contribution in [1.29, 1.82) is 0 Å². The molecule has 0 bridgehead atoms. The summed E-state index contributed by atoms with van der Waals surface area (Å²) in [5.74, 6) is -0.141. The van der Waals surface area contributed by atoms with Crippen LogP contribution in [-0.4, -0.2) is 70.2 Å². The molecule has 1 aliphatic heterocycles. The largest absolute Gasteiger partial charge is 0.379 e. The Kier molecular flexibility index (Phi) is 5.83. The summed E-state index contributed by atoms with van der Waals surface area (Å²) in [5, 5.41) is 14.4. The lowest BCUT2D eigenvalue weighted by Crippen LogP contribution is -2.38. The molecule has 8 heteroatoms. The maximum absolute atomic E-state index is 12.2. The number of amides is 1. The minimum absolute atomic E-state index is 0.141. The minimum Gasteiger partial charge on any atom is -0.379 e. The number of carbonyl (C=O) groups is 1. The average Bonchev–Trinajstić information content (AvgIpc) is 3.19. The number of ether oxygens (including phenoxy) is 1. The van der Waals surface area contributed by atoms with Crippen LogP contribution in [0.2, 0.25) is 0 Å². The summed E-state index contributed by atoms with van der Waals surface area (Å²) < 4.78 is 7.22. The molecule has 0 unspecified atom stereocenters. The molecular formula is C17H26N6O2. The molecule has 1 fully saturated rings. The van der Waals surface area contributed by atoms with Crippen LogP contribution in [0, 0.1) is 13.8 Å². The van der Waals surface area contributed by atoms with Gasteiger partial charge in [0.1, 0.15) is 5.69 Å². The lowest BCUT2D eigenvalue weighted by Gasteiger charge is -2.26. The van der Waals surface area contributed by atoms with Crippen LogP contribution in [0.5, 0.6) is 0 Å². The highest BCUT2D eigenvalue weighted by molar-refractivity contribution is 5.92. The van der Waals surface area contributed by atoms with E-state index in [2.05, 4.69) is 25.5 Å². The fourth-order valence-corrected chi connectivity index (χ4v) is 2.98. The summed E-state index contributed by atoms with van der Waals surface area (Å²) in [6.07, 6.45) is 0.925. The van der Waals surface area contributed by atoms with E-state index in [4.69, 9.17) is 4.74 Å².